The van der Waals surface area contributed by atoms with E-state index in [1.807, 2.05) is 0 Å². The molecule has 0 heterocycles. The maximum absolute atomic E-state index is 13.1. The molecule has 0 saturated carbocycles. The molecule has 19 heteroatoms. The number of ketones is 1. The number of hydrogen-bond acceptors (Lipinski definition) is 13. The van der Waals surface area contributed by atoms with Crippen molar-refractivity contribution in [3.8, 4) is 0 Å². The van der Waals surface area contributed by atoms with Gasteiger partial charge in [-0.3, -0.25) is 37.3 Å². The molecule has 3 N–H and O–H groups in total. The molecule has 16 nitrogen and oxygen atoms in total. The van der Waals surface area contributed by atoms with E-state index in [4.69, 9.17) is 36.9 Å². The minimum absolute atomic E-state index is 0.00544. The van der Waals surface area contributed by atoms with Crippen LogP contribution in [0.1, 0.15) is 50.9 Å². The summed E-state index contributed by atoms with van der Waals surface area (Å²) >= 11 is 0. The highest BCUT2D eigenvalue weighted by Crippen LogP contribution is 2.53. The molecule has 1 aromatic rings. The highest BCUT2D eigenvalue weighted by molar-refractivity contribution is 7.48. The topological polar surface area (TPSA) is 212 Å². The number of ether oxygens (including phenoxy) is 1. The first-order valence-corrected chi connectivity index (χ1v) is 16.6. The van der Waals surface area contributed by atoms with Crippen molar-refractivity contribution in [3.63, 3.8) is 0 Å². The Morgan fingerprint density at radius 2 is 1.38 bits per heavy atom. The van der Waals surface area contributed by atoms with Crippen LogP contribution in [0.5, 0.6) is 0 Å². The number of phosphoric ester groups is 3. The summed E-state index contributed by atoms with van der Waals surface area (Å²) in [6.07, 6.45) is -2.61. The average molecular weight is 635 g/mol. The van der Waals surface area contributed by atoms with Crippen molar-refractivity contribution in [3.05, 3.63) is 29.8 Å². The van der Waals surface area contributed by atoms with Gasteiger partial charge in [0.05, 0.1) is 44.8 Å². The molecule has 0 spiro atoms. The number of benzene rings is 1. The number of anilines is 1. The molecule has 0 saturated heterocycles. The Morgan fingerprint density at radius 1 is 0.825 bits per heavy atom. The SMILES string of the molecule is CCOP(=O)(OCC)OCC(CCC(=O)c1ccccc1NC(=O)OCOP(=O)(O)O)OP(=O)(OCC)OCC. The molecule has 230 valence electrons. The standard InChI is InChI=1S/C21H36NO15P3/c1-5-31-39(28,32-6-2)35-15-17(37-40(29,33-7-3)34-8-4)13-14-20(23)18-11-9-10-12-19(18)22-21(24)30-16-36-38(25,26)27/h9-12,17H,5-8,13-16H2,1-4H3,(H,22,24)(H2,25,26,27). The van der Waals surface area contributed by atoms with Crippen molar-refractivity contribution in [1.82, 2.24) is 0 Å². The minimum atomic E-state index is -4.85. The molecule has 1 rings (SSSR count). The van der Waals surface area contributed by atoms with Crippen molar-refractivity contribution in [2.75, 3.05) is 45.1 Å². The van der Waals surface area contributed by atoms with Crippen LogP contribution >= 0.6 is 23.5 Å². The quantitative estimate of drug-likeness (QED) is 0.0918. The monoisotopic (exact) mass is 635 g/mol. The van der Waals surface area contributed by atoms with Crippen molar-refractivity contribution >= 4 is 41.0 Å². The summed E-state index contributed by atoms with van der Waals surface area (Å²) in [5.41, 5.74) is 0.0935. The Bertz CT molecular complexity index is 1060. The molecule has 1 atom stereocenters. The van der Waals surface area contributed by atoms with Gasteiger partial charge in [-0.05, 0) is 46.2 Å². The van der Waals surface area contributed by atoms with Gasteiger partial charge in [0.25, 0.3) is 0 Å². The summed E-state index contributed by atoms with van der Waals surface area (Å²) in [7, 11) is -12.9. The molecule has 0 aromatic heterocycles. The van der Waals surface area contributed by atoms with Gasteiger partial charge in [-0.15, -0.1) is 0 Å². The number of phosphoric acid groups is 3. The number of carbonyl (C=O) groups is 2. The number of hydrogen-bond donors (Lipinski definition) is 3. The van der Waals surface area contributed by atoms with Gasteiger partial charge in [0, 0.05) is 12.0 Å². The van der Waals surface area contributed by atoms with E-state index in [-0.39, 0.29) is 50.5 Å². The van der Waals surface area contributed by atoms with E-state index in [2.05, 4.69) is 14.6 Å². The Hall–Kier alpha value is -1.51. The lowest BCUT2D eigenvalue weighted by Crippen LogP contribution is -2.22. The van der Waals surface area contributed by atoms with Crippen LogP contribution < -0.4 is 5.32 Å². The van der Waals surface area contributed by atoms with Gasteiger partial charge in [-0.2, -0.15) is 0 Å². The predicted octanol–water partition coefficient (Wildman–Crippen LogP) is 5.03. The Balaban J connectivity index is 3.02. The highest BCUT2D eigenvalue weighted by Gasteiger charge is 2.34. The fourth-order valence-electron chi connectivity index (χ4n) is 2.92. The van der Waals surface area contributed by atoms with Gasteiger partial charge in [0.15, 0.2) is 5.78 Å². The van der Waals surface area contributed by atoms with E-state index in [0.717, 1.165) is 0 Å². The summed E-state index contributed by atoms with van der Waals surface area (Å²) in [4.78, 5) is 42.4. The molecular formula is C21H36NO15P3. The molecule has 0 radical (unpaired) electrons. The van der Waals surface area contributed by atoms with Gasteiger partial charge in [-0.25, -0.2) is 23.0 Å². The van der Waals surface area contributed by atoms with Gasteiger partial charge in [0.2, 0.25) is 6.79 Å². The average Bonchev–Trinajstić information content (AvgIpc) is 2.85. The maximum Gasteiger partial charge on any atom is 0.475 e. The van der Waals surface area contributed by atoms with E-state index in [0.29, 0.717) is 0 Å². The summed E-state index contributed by atoms with van der Waals surface area (Å²) in [6, 6.07) is 5.88. The van der Waals surface area contributed by atoms with Gasteiger partial charge < -0.3 is 14.5 Å². The Morgan fingerprint density at radius 3 is 1.93 bits per heavy atom. The van der Waals surface area contributed by atoms with Crippen LogP contribution in [0, 0.1) is 0 Å². The minimum Gasteiger partial charge on any atom is -0.421 e. The van der Waals surface area contributed by atoms with Gasteiger partial charge in [0.1, 0.15) is 0 Å². The van der Waals surface area contributed by atoms with E-state index in [9.17, 15) is 23.3 Å². The van der Waals surface area contributed by atoms with Crippen molar-refractivity contribution in [2.45, 2.75) is 46.6 Å². The second-order valence-electron chi connectivity index (χ2n) is 7.39. The zero-order valence-electron chi connectivity index (χ0n) is 22.6. The third-order valence-electron chi connectivity index (χ3n) is 4.41. The smallest absolute Gasteiger partial charge is 0.421 e. The first-order chi connectivity index (χ1) is 18.8. The highest BCUT2D eigenvalue weighted by atomic mass is 31.2. The Kier molecular flexibility index (Phi) is 16.5. The third-order valence-corrected chi connectivity index (χ3v) is 8.18. The van der Waals surface area contributed by atoms with Crippen molar-refractivity contribution in [2.24, 2.45) is 0 Å². The summed E-state index contributed by atoms with van der Waals surface area (Å²) < 4.78 is 76.4. The molecule has 0 fully saturated rings. The fourth-order valence-corrected chi connectivity index (χ4v) is 5.68. The zero-order chi connectivity index (χ0) is 30.2. The number of carbonyl (C=O) groups excluding carboxylic acids is 2. The number of para-hydroxylation sites is 1. The van der Waals surface area contributed by atoms with Gasteiger partial charge >= 0.3 is 29.6 Å². The maximum atomic E-state index is 13.1. The van der Waals surface area contributed by atoms with Crippen molar-refractivity contribution < 1.29 is 69.5 Å². The van der Waals surface area contributed by atoms with Crippen LogP contribution in [0.2, 0.25) is 0 Å². The van der Waals surface area contributed by atoms with Gasteiger partial charge in [-0.1, -0.05) is 12.1 Å². The normalized spacial score (nSPS) is 13.2. The second kappa shape index (κ2) is 18.1. The lowest BCUT2D eigenvalue weighted by Gasteiger charge is -2.25. The molecule has 1 unspecified atom stereocenters. The fraction of sp³-hybridized carbons (Fsp3) is 0.619. The number of rotatable bonds is 21. The molecule has 0 aliphatic carbocycles. The largest absolute Gasteiger partial charge is 0.475 e. The van der Waals surface area contributed by atoms with E-state index >= 15 is 0 Å². The van der Waals surface area contributed by atoms with E-state index < -0.39 is 54.8 Å². The molecule has 0 aliphatic heterocycles. The molecule has 1 aromatic carbocycles. The molecule has 0 aliphatic rings. The number of amides is 1. The first-order valence-electron chi connectivity index (χ1n) is 12.2. The third kappa shape index (κ3) is 14.4. The van der Waals surface area contributed by atoms with Crippen LogP contribution in [-0.2, 0) is 50.1 Å². The van der Waals surface area contributed by atoms with Crippen LogP contribution in [0.3, 0.4) is 0 Å². The summed E-state index contributed by atoms with van der Waals surface area (Å²) in [5, 5.41) is 2.28. The Labute approximate surface area is 232 Å². The lowest BCUT2D eigenvalue weighted by molar-refractivity contribution is 0.0346. The van der Waals surface area contributed by atoms with Crippen LogP contribution in [-0.4, -0.2) is 67.6 Å². The van der Waals surface area contributed by atoms with Crippen LogP contribution in [0.15, 0.2) is 24.3 Å². The summed E-state index contributed by atoms with van der Waals surface area (Å²) in [6.45, 7) is 4.88. The lowest BCUT2D eigenvalue weighted by atomic mass is 10.0. The molecule has 40 heavy (non-hydrogen) atoms. The number of Topliss-reactive ketones (excluding diaryl/α,β-unsaturated/α-hetero) is 1. The molecule has 1 amide bonds. The molecular weight excluding hydrogens is 599 g/mol. The summed E-state index contributed by atoms with van der Waals surface area (Å²) in [5.74, 6) is -0.489. The van der Waals surface area contributed by atoms with Crippen LogP contribution in [0.25, 0.3) is 0 Å². The number of nitrogens with one attached hydrogen (secondary N) is 1. The van der Waals surface area contributed by atoms with Crippen LogP contribution in [0.4, 0.5) is 10.5 Å². The first kappa shape index (κ1) is 36.5. The zero-order valence-corrected chi connectivity index (χ0v) is 25.3. The molecule has 0 bridgehead atoms. The van der Waals surface area contributed by atoms with E-state index in [1.54, 1.807) is 27.7 Å². The van der Waals surface area contributed by atoms with Crippen molar-refractivity contribution in [1.29, 1.82) is 0 Å². The second-order valence-corrected chi connectivity index (χ2v) is 11.9. The van der Waals surface area contributed by atoms with E-state index in [1.165, 1.54) is 24.3 Å². The predicted molar refractivity (Wildman–Crippen MR) is 141 cm³/mol.